The molecule has 22 heavy (non-hydrogen) atoms. The van der Waals surface area contributed by atoms with Crippen LogP contribution in [0.15, 0.2) is 36.4 Å². The molecule has 1 fully saturated rings. The van der Waals surface area contributed by atoms with Crippen molar-refractivity contribution in [2.75, 3.05) is 19.7 Å². The molecule has 0 saturated carbocycles. The van der Waals surface area contributed by atoms with Gasteiger partial charge in [-0.1, -0.05) is 36.4 Å². The highest BCUT2D eigenvalue weighted by atomic mass is 16.5. The highest BCUT2D eigenvalue weighted by Gasteiger charge is 2.44. The summed E-state index contributed by atoms with van der Waals surface area (Å²) in [4.78, 5) is 26.6. The van der Waals surface area contributed by atoms with Crippen molar-refractivity contribution in [1.82, 2.24) is 4.90 Å². The van der Waals surface area contributed by atoms with Crippen LogP contribution >= 0.6 is 0 Å². The molecule has 3 unspecified atom stereocenters. The van der Waals surface area contributed by atoms with E-state index in [0.717, 1.165) is 17.7 Å². The third-order valence-corrected chi connectivity index (χ3v) is 4.64. The molecule has 0 radical (unpaired) electrons. The van der Waals surface area contributed by atoms with E-state index in [4.69, 9.17) is 4.74 Å². The molecule has 2 aliphatic rings. The first-order chi connectivity index (χ1) is 10.6. The third kappa shape index (κ3) is 2.59. The molecule has 1 aromatic carbocycles. The molecular weight excluding hydrogens is 278 g/mol. The van der Waals surface area contributed by atoms with Crippen LogP contribution in [0.5, 0.6) is 0 Å². The predicted molar refractivity (Wildman–Crippen MR) is 84.1 cm³/mol. The summed E-state index contributed by atoms with van der Waals surface area (Å²) in [5.41, 5.74) is 1.82. The van der Waals surface area contributed by atoms with Crippen molar-refractivity contribution < 1.29 is 14.3 Å². The molecule has 1 aromatic rings. The summed E-state index contributed by atoms with van der Waals surface area (Å²) in [5, 5.41) is 0. The van der Waals surface area contributed by atoms with Crippen molar-refractivity contribution in [2.24, 2.45) is 11.8 Å². The molecule has 0 spiro atoms. The summed E-state index contributed by atoms with van der Waals surface area (Å²) < 4.78 is 5.07. The zero-order valence-corrected chi connectivity index (χ0v) is 13.0. The van der Waals surface area contributed by atoms with Crippen molar-refractivity contribution >= 4 is 17.3 Å². The van der Waals surface area contributed by atoms with Gasteiger partial charge in [-0.25, -0.2) is 0 Å². The smallest absolute Gasteiger partial charge is 0.323 e. The first kappa shape index (κ1) is 15.0. The normalized spacial score (nSPS) is 25.7. The third-order valence-electron chi connectivity index (χ3n) is 4.64. The van der Waals surface area contributed by atoms with Crippen LogP contribution in [-0.2, 0) is 14.3 Å². The number of likely N-dealkylation sites (tertiary alicyclic amines) is 1. The lowest BCUT2D eigenvalue weighted by molar-refractivity contribution is -0.148. The number of ketones is 1. The minimum atomic E-state index is -0.285. The van der Waals surface area contributed by atoms with Gasteiger partial charge in [0.15, 0.2) is 5.78 Å². The lowest BCUT2D eigenvalue weighted by Crippen LogP contribution is -2.39. The number of nitrogens with zero attached hydrogens (tertiary/aromatic N) is 1. The van der Waals surface area contributed by atoms with E-state index in [1.165, 1.54) is 0 Å². The lowest BCUT2D eigenvalue weighted by atomic mass is 9.97. The molecule has 0 aromatic heterocycles. The fraction of sp³-hybridized carbons (Fsp3) is 0.444. The molecule has 0 amide bonds. The molecule has 1 heterocycles. The summed E-state index contributed by atoms with van der Waals surface area (Å²) in [7, 11) is 0. The Morgan fingerprint density at radius 2 is 2.05 bits per heavy atom. The van der Waals surface area contributed by atoms with E-state index in [9.17, 15) is 9.59 Å². The van der Waals surface area contributed by atoms with Crippen molar-refractivity contribution in [3.8, 4) is 0 Å². The minimum absolute atomic E-state index is 0.0212. The van der Waals surface area contributed by atoms with Crippen LogP contribution in [-0.4, -0.2) is 42.4 Å². The quantitative estimate of drug-likeness (QED) is 0.799. The van der Waals surface area contributed by atoms with E-state index in [2.05, 4.69) is 11.0 Å². The number of hydrogen-bond acceptors (Lipinski definition) is 4. The van der Waals surface area contributed by atoms with Gasteiger partial charge in [0.1, 0.15) is 6.04 Å². The van der Waals surface area contributed by atoms with Gasteiger partial charge in [-0.3, -0.25) is 14.5 Å². The van der Waals surface area contributed by atoms with Gasteiger partial charge in [0.2, 0.25) is 0 Å². The van der Waals surface area contributed by atoms with Gasteiger partial charge >= 0.3 is 5.97 Å². The van der Waals surface area contributed by atoms with E-state index >= 15 is 0 Å². The summed E-state index contributed by atoms with van der Waals surface area (Å²) >= 11 is 0. The lowest BCUT2D eigenvalue weighted by Gasteiger charge is -2.22. The topological polar surface area (TPSA) is 46.6 Å². The second kappa shape index (κ2) is 6.05. The number of esters is 1. The Hall–Kier alpha value is -1.94. The molecule has 4 nitrogen and oxygen atoms in total. The largest absolute Gasteiger partial charge is 0.465 e. The Labute approximate surface area is 130 Å². The predicted octanol–water partition coefficient (Wildman–Crippen LogP) is 2.15. The molecule has 1 aliphatic heterocycles. The monoisotopic (exact) mass is 299 g/mol. The first-order valence-corrected chi connectivity index (χ1v) is 7.84. The Bertz CT molecular complexity index is 608. The average Bonchev–Trinajstić information content (AvgIpc) is 3.07. The molecule has 3 atom stereocenters. The van der Waals surface area contributed by atoms with Crippen LogP contribution in [0.4, 0.5) is 0 Å². The van der Waals surface area contributed by atoms with Gasteiger partial charge in [0.05, 0.1) is 6.61 Å². The van der Waals surface area contributed by atoms with E-state index in [1.807, 2.05) is 44.2 Å². The summed E-state index contributed by atoms with van der Waals surface area (Å²) in [6.45, 7) is 5.43. The van der Waals surface area contributed by atoms with Crippen LogP contribution in [0.1, 0.15) is 19.4 Å². The summed E-state index contributed by atoms with van der Waals surface area (Å²) in [6.07, 6.45) is 2.08. The van der Waals surface area contributed by atoms with Gasteiger partial charge in [0, 0.05) is 30.5 Å². The van der Waals surface area contributed by atoms with Gasteiger partial charge < -0.3 is 4.74 Å². The highest BCUT2D eigenvalue weighted by molar-refractivity contribution is 6.24. The van der Waals surface area contributed by atoms with E-state index in [-0.39, 0.29) is 29.6 Å². The number of ether oxygens (including phenoxy) is 1. The Kier molecular flexibility index (Phi) is 4.12. The van der Waals surface area contributed by atoms with E-state index < -0.39 is 0 Å². The molecular formula is C18H21NO3. The van der Waals surface area contributed by atoms with Crippen molar-refractivity contribution in [1.29, 1.82) is 0 Å². The standard InChI is InChI=1S/C18H21NO3/c1-3-22-18(21)12(2)19-10-14-9-15(17(20)16(14)11-19)13-7-5-4-6-8-13/h4-9,12,14,16H,3,10-11H2,1-2H3. The maximum Gasteiger partial charge on any atom is 0.323 e. The maximum atomic E-state index is 12.6. The van der Waals surface area contributed by atoms with Crippen LogP contribution in [0.25, 0.3) is 5.57 Å². The molecule has 0 bridgehead atoms. The fourth-order valence-corrected chi connectivity index (χ4v) is 3.39. The SMILES string of the molecule is CCOC(=O)C(C)N1CC2C=C(c3ccccc3)C(=O)C2C1. The van der Waals surface area contributed by atoms with Gasteiger partial charge in [0.25, 0.3) is 0 Å². The number of benzene rings is 1. The van der Waals surface area contributed by atoms with Crippen LogP contribution < -0.4 is 0 Å². The van der Waals surface area contributed by atoms with Crippen LogP contribution in [0.3, 0.4) is 0 Å². The van der Waals surface area contributed by atoms with Gasteiger partial charge in [-0.2, -0.15) is 0 Å². The molecule has 1 aliphatic carbocycles. The van der Waals surface area contributed by atoms with Crippen molar-refractivity contribution in [2.45, 2.75) is 19.9 Å². The molecule has 3 rings (SSSR count). The summed E-state index contributed by atoms with van der Waals surface area (Å²) in [6, 6.07) is 9.52. The number of carbonyl (C=O) groups excluding carboxylic acids is 2. The number of allylic oxidation sites excluding steroid dienone is 1. The minimum Gasteiger partial charge on any atom is -0.465 e. The Morgan fingerprint density at radius 3 is 2.68 bits per heavy atom. The molecule has 116 valence electrons. The highest BCUT2D eigenvalue weighted by Crippen LogP contribution is 2.38. The second-order valence-corrected chi connectivity index (χ2v) is 5.96. The second-order valence-electron chi connectivity index (χ2n) is 5.96. The number of fused-ring (bicyclic) bond motifs is 1. The molecule has 4 heteroatoms. The van der Waals surface area contributed by atoms with Crippen molar-refractivity contribution in [3.63, 3.8) is 0 Å². The number of rotatable bonds is 4. The zero-order chi connectivity index (χ0) is 15.7. The summed E-state index contributed by atoms with van der Waals surface area (Å²) in [5.74, 6) is 0.184. The average molecular weight is 299 g/mol. The van der Waals surface area contributed by atoms with Gasteiger partial charge in [-0.05, 0) is 19.4 Å². The Balaban J connectivity index is 1.73. The fourth-order valence-electron chi connectivity index (χ4n) is 3.39. The molecule has 1 saturated heterocycles. The first-order valence-electron chi connectivity index (χ1n) is 7.84. The van der Waals surface area contributed by atoms with Crippen LogP contribution in [0, 0.1) is 11.8 Å². The van der Waals surface area contributed by atoms with E-state index in [0.29, 0.717) is 13.2 Å². The maximum absolute atomic E-state index is 12.6. The molecule has 0 N–H and O–H groups in total. The van der Waals surface area contributed by atoms with E-state index in [1.54, 1.807) is 0 Å². The Morgan fingerprint density at radius 1 is 1.32 bits per heavy atom. The van der Waals surface area contributed by atoms with Crippen molar-refractivity contribution in [3.05, 3.63) is 42.0 Å². The number of hydrogen-bond donors (Lipinski definition) is 0. The number of Topliss-reactive ketones (excluding diaryl/α,β-unsaturated/α-hetero) is 1. The number of carbonyl (C=O) groups is 2. The zero-order valence-electron chi connectivity index (χ0n) is 13.0. The van der Waals surface area contributed by atoms with Gasteiger partial charge in [-0.15, -0.1) is 0 Å². The van der Waals surface area contributed by atoms with Crippen LogP contribution in [0.2, 0.25) is 0 Å².